The van der Waals surface area contributed by atoms with E-state index in [1.165, 1.54) is 25.7 Å². The third-order valence-corrected chi connectivity index (χ3v) is 5.87. The summed E-state index contributed by atoms with van der Waals surface area (Å²) in [4.78, 5) is 4.30. The molecular weight excluding hydrogens is 559 g/mol. The van der Waals surface area contributed by atoms with Crippen LogP contribution in [0.2, 0.25) is 0 Å². The number of halogens is 1. The van der Waals surface area contributed by atoms with Gasteiger partial charge in [-0.1, -0.05) is 43.0 Å². The number of para-hydroxylation sites is 2. The molecule has 0 amide bonds. The summed E-state index contributed by atoms with van der Waals surface area (Å²) in [6.07, 6.45) is 14.0. The molecule has 0 fully saturated rings. The van der Waals surface area contributed by atoms with E-state index in [2.05, 4.69) is 52.8 Å². The molecule has 0 atom stereocenters. The van der Waals surface area contributed by atoms with E-state index in [0.717, 1.165) is 40.1 Å². The van der Waals surface area contributed by atoms with E-state index in [4.69, 9.17) is 9.47 Å². The molecule has 0 N–H and O–H groups in total. The van der Waals surface area contributed by atoms with E-state index in [0.29, 0.717) is 0 Å². The molecule has 0 spiro atoms. The fourth-order valence-electron chi connectivity index (χ4n) is 4.12. The molecule has 4 nitrogen and oxygen atoms in total. The summed E-state index contributed by atoms with van der Waals surface area (Å²) in [5, 5.41) is 0. The van der Waals surface area contributed by atoms with Gasteiger partial charge in [0, 0.05) is 30.9 Å². The fourth-order valence-corrected chi connectivity index (χ4v) is 4.12. The zero-order valence-corrected chi connectivity index (χ0v) is 23.1. The average molecular weight is 591 g/mol. The second-order valence-electron chi connectivity index (χ2n) is 8.07. The van der Waals surface area contributed by atoms with Crippen LogP contribution < -0.4 is 31.7 Å². The summed E-state index contributed by atoms with van der Waals surface area (Å²) in [6.45, 7) is 4.36. The molecule has 1 aliphatic carbocycles. The molecule has 0 aromatic heterocycles. The normalized spacial score (nSPS) is 15.6. The van der Waals surface area contributed by atoms with Crippen LogP contribution in [-0.2, 0) is 19.5 Å². The first-order valence-corrected chi connectivity index (χ1v) is 11.7. The third-order valence-electron chi connectivity index (χ3n) is 5.87. The molecule has 3 aromatic carbocycles. The molecular formula is C30H32ClN2O2Rh-. The summed E-state index contributed by atoms with van der Waals surface area (Å²) in [7, 11) is 3.34. The van der Waals surface area contributed by atoms with Gasteiger partial charge in [0.15, 0.2) is 0 Å². The number of benzene rings is 3. The minimum absolute atomic E-state index is 0. The van der Waals surface area contributed by atoms with Crippen molar-refractivity contribution in [1.29, 1.82) is 0 Å². The van der Waals surface area contributed by atoms with Crippen molar-refractivity contribution in [3.63, 3.8) is 0 Å². The summed E-state index contributed by atoms with van der Waals surface area (Å²) in [6, 6.07) is 24.3. The van der Waals surface area contributed by atoms with Crippen molar-refractivity contribution in [1.82, 2.24) is 0 Å². The van der Waals surface area contributed by atoms with Crippen molar-refractivity contribution in [3.05, 3.63) is 110 Å². The molecule has 0 saturated carbocycles. The van der Waals surface area contributed by atoms with E-state index in [-0.39, 0.29) is 31.9 Å². The molecule has 191 valence electrons. The molecule has 0 bridgehead atoms. The van der Waals surface area contributed by atoms with Gasteiger partial charge in [-0.15, -0.1) is 0 Å². The van der Waals surface area contributed by atoms with Crippen LogP contribution in [0.4, 0.5) is 22.7 Å². The summed E-state index contributed by atoms with van der Waals surface area (Å²) < 4.78 is 10.6. The van der Waals surface area contributed by atoms with Crippen molar-refractivity contribution in [2.24, 2.45) is 0 Å². The quantitative estimate of drug-likeness (QED) is 0.311. The summed E-state index contributed by atoms with van der Waals surface area (Å²) in [5.74, 6) is 2.54. The van der Waals surface area contributed by atoms with Gasteiger partial charge in [0.25, 0.3) is 0 Å². The number of hydrogen-bond acceptors (Lipinski definition) is 4. The maximum Gasteiger partial charge on any atom is 0.119 e. The summed E-state index contributed by atoms with van der Waals surface area (Å²) in [5.41, 5.74) is 4.27. The van der Waals surface area contributed by atoms with E-state index in [1.807, 2.05) is 60.7 Å². The number of anilines is 4. The van der Waals surface area contributed by atoms with Crippen molar-refractivity contribution in [2.45, 2.75) is 25.7 Å². The van der Waals surface area contributed by atoms with Crippen LogP contribution in [0.15, 0.2) is 110 Å². The predicted molar refractivity (Wildman–Crippen MR) is 143 cm³/mol. The van der Waals surface area contributed by atoms with Crippen LogP contribution in [0.5, 0.6) is 11.5 Å². The maximum absolute atomic E-state index is 5.28. The molecule has 2 aliphatic rings. The maximum atomic E-state index is 5.28. The number of allylic oxidation sites excluding steroid dienone is 4. The molecule has 1 aliphatic heterocycles. The average Bonchev–Trinajstić information content (AvgIpc) is 3.16. The van der Waals surface area contributed by atoms with Crippen LogP contribution in [0.3, 0.4) is 0 Å². The second-order valence-corrected chi connectivity index (χ2v) is 8.07. The van der Waals surface area contributed by atoms with Crippen LogP contribution in [0.1, 0.15) is 25.7 Å². The molecule has 3 aromatic rings. The van der Waals surface area contributed by atoms with E-state index < -0.39 is 0 Å². The number of fused-ring (bicyclic) bond motifs is 1. The Balaban J connectivity index is 0.000000393. The number of rotatable bonds is 4. The van der Waals surface area contributed by atoms with Crippen LogP contribution in [0, 0.1) is 0 Å². The number of methoxy groups -OCH3 is 2. The van der Waals surface area contributed by atoms with E-state index >= 15 is 0 Å². The Morgan fingerprint density at radius 2 is 0.917 bits per heavy atom. The van der Waals surface area contributed by atoms with Crippen molar-refractivity contribution in [2.75, 3.05) is 24.0 Å². The molecule has 36 heavy (non-hydrogen) atoms. The molecule has 6 heteroatoms. The Morgan fingerprint density at radius 3 is 1.22 bits per heavy atom. The minimum Gasteiger partial charge on any atom is -1.00 e. The van der Waals surface area contributed by atoms with Gasteiger partial charge < -0.3 is 21.9 Å². The second kappa shape index (κ2) is 14.5. The van der Waals surface area contributed by atoms with Gasteiger partial charge >= 0.3 is 0 Å². The Morgan fingerprint density at radius 1 is 0.583 bits per heavy atom. The van der Waals surface area contributed by atoms with Gasteiger partial charge in [-0.2, -0.15) is 0 Å². The smallest absolute Gasteiger partial charge is 0.119 e. The van der Waals surface area contributed by atoms with Crippen molar-refractivity contribution < 1.29 is 41.4 Å². The Kier molecular flexibility index (Phi) is 11.8. The standard InChI is InChI=1S/C22H20N2O2.C8H12.ClH.Rh/c1-16-23(17-8-12-19(25-2)13-9-17)21-6-4-5-7-22(21)24(16)18-10-14-20(26-3)15-11-18;1-2-4-6-8-7-5-3-1;;/h4-15H,1H2,2-3H3;1-2,7-8H,3-6H2;1H;/p-1/b;2-1-,8-7-;;. The fraction of sp³-hybridized carbons (Fsp3) is 0.200. The number of ether oxygens (including phenoxy) is 2. The first kappa shape index (κ1) is 29.2. The molecule has 1 heterocycles. The molecule has 0 saturated heterocycles. The predicted octanol–water partition coefficient (Wildman–Crippen LogP) is 5.14. The van der Waals surface area contributed by atoms with Gasteiger partial charge in [0.05, 0.1) is 25.6 Å². The van der Waals surface area contributed by atoms with Crippen LogP contribution in [0.25, 0.3) is 0 Å². The van der Waals surface area contributed by atoms with Crippen molar-refractivity contribution >= 4 is 22.7 Å². The zero-order chi connectivity index (χ0) is 23.8. The number of hydrogen-bond donors (Lipinski definition) is 0. The number of nitrogens with zero attached hydrogens (tertiary/aromatic N) is 2. The Labute approximate surface area is 234 Å². The van der Waals surface area contributed by atoms with Gasteiger partial charge in [0.2, 0.25) is 0 Å². The molecule has 1 radical (unpaired) electrons. The molecule has 5 rings (SSSR count). The van der Waals surface area contributed by atoms with E-state index in [9.17, 15) is 0 Å². The van der Waals surface area contributed by atoms with Crippen LogP contribution >= 0.6 is 0 Å². The molecule has 0 unspecified atom stereocenters. The van der Waals surface area contributed by atoms with E-state index in [1.54, 1.807) is 14.2 Å². The first-order chi connectivity index (χ1) is 16.7. The largest absolute Gasteiger partial charge is 1.00 e. The Bertz CT molecular complexity index is 1060. The van der Waals surface area contributed by atoms with Crippen LogP contribution in [-0.4, -0.2) is 14.2 Å². The summed E-state index contributed by atoms with van der Waals surface area (Å²) >= 11 is 0. The first-order valence-electron chi connectivity index (χ1n) is 11.7. The SMILES string of the molecule is C1=C\CC/C=C\CC/1.C=C1N(c2ccc(OC)cc2)c2ccccc2N1c1ccc(OC)cc1.[Cl-].[Rh]. The van der Waals surface area contributed by atoms with Gasteiger partial charge in [-0.05, 0) is 86.3 Å². The minimum atomic E-state index is 0. The Hall–Kier alpha value is -3.01. The van der Waals surface area contributed by atoms with Gasteiger partial charge in [-0.3, -0.25) is 9.80 Å². The third kappa shape index (κ3) is 6.81. The van der Waals surface area contributed by atoms with Gasteiger partial charge in [0.1, 0.15) is 17.3 Å². The monoisotopic (exact) mass is 590 g/mol. The van der Waals surface area contributed by atoms with Crippen molar-refractivity contribution in [3.8, 4) is 11.5 Å². The van der Waals surface area contributed by atoms with Gasteiger partial charge in [-0.25, -0.2) is 0 Å². The zero-order valence-electron chi connectivity index (χ0n) is 20.7. The topological polar surface area (TPSA) is 24.9 Å².